The van der Waals surface area contributed by atoms with Gasteiger partial charge in [-0.25, -0.2) is 4.39 Å². The lowest BCUT2D eigenvalue weighted by Gasteiger charge is -2.14. The monoisotopic (exact) mass is 271 g/mol. The van der Waals surface area contributed by atoms with Crippen LogP contribution in [0.3, 0.4) is 0 Å². The highest BCUT2D eigenvalue weighted by molar-refractivity contribution is 5.85. The fourth-order valence-electron chi connectivity index (χ4n) is 1.41. The lowest BCUT2D eigenvalue weighted by atomic mass is 10.0. The Morgan fingerprint density at radius 1 is 1.29 bits per heavy atom. The molecule has 0 fully saturated rings. The van der Waals surface area contributed by atoms with Crippen molar-refractivity contribution in [3.63, 3.8) is 0 Å². The van der Waals surface area contributed by atoms with Gasteiger partial charge in [0.05, 0.1) is 0 Å². The normalized spacial score (nSPS) is 13.1. The van der Waals surface area contributed by atoms with E-state index < -0.39 is 24.5 Å². The van der Waals surface area contributed by atoms with Crippen molar-refractivity contribution in [1.82, 2.24) is 0 Å². The SMILES string of the molecule is Cc1ccc([C@H](N)CCC(F)(F)F)c(F)c1.Cl. The minimum absolute atomic E-state index is 0. The molecule has 1 aromatic rings. The van der Waals surface area contributed by atoms with Gasteiger partial charge < -0.3 is 5.73 Å². The Kier molecular flexibility index (Phi) is 5.92. The Balaban J connectivity index is 0.00000256. The van der Waals surface area contributed by atoms with E-state index in [9.17, 15) is 17.6 Å². The number of halogens is 5. The van der Waals surface area contributed by atoms with Gasteiger partial charge in [-0.05, 0) is 25.0 Å². The van der Waals surface area contributed by atoms with E-state index in [1.54, 1.807) is 13.0 Å². The Bertz CT molecular complexity index is 365. The summed E-state index contributed by atoms with van der Waals surface area (Å²) in [5.41, 5.74) is 6.36. The standard InChI is InChI=1S/C11H13F4N.ClH/c1-7-2-3-8(9(12)6-7)10(16)4-5-11(13,14)15;/h2-3,6,10H,4-5,16H2,1H3;1H/t10-;/m1./s1. The van der Waals surface area contributed by atoms with Gasteiger partial charge in [0.2, 0.25) is 0 Å². The highest BCUT2D eigenvalue weighted by Gasteiger charge is 2.28. The summed E-state index contributed by atoms with van der Waals surface area (Å²) in [6.07, 6.45) is -5.55. The summed E-state index contributed by atoms with van der Waals surface area (Å²) in [6.45, 7) is 1.70. The summed E-state index contributed by atoms with van der Waals surface area (Å²) in [5.74, 6) is -0.547. The Labute approximate surface area is 103 Å². The lowest BCUT2D eigenvalue weighted by Crippen LogP contribution is -2.16. The number of hydrogen-bond acceptors (Lipinski definition) is 1. The van der Waals surface area contributed by atoms with E-state index in [1.165, 1.54) is 12.1 Å². The van der Waals surface area contributed by atoms with Crippen LogP contribution in [0.1, 0.15) is 30.0 Å². The van der Waals surface area contributed by atoms with Gasteiger partial charge in [-0.15, -0.1) is 12.4 Å². The number of alkyl halides is 3. The van der Waals surface area contributed by atoms with Gasteiger partial charge in [0.25, 0.3) is 0 Å². The molecule has 1 rings (SSSR count). The third-order valence-electron chi connectivity index (χ3n) is 2.29. The van der Waals surface area contributed by atoms with Crippen LogP contribution in [0.15, 0.2) is 18.2 Å². The van der Waals surface area contributed by atoms with Crippen LogP contribution in [-0.2, 0) is 0 Å². The summed E-state index contributed by atoms with van der Waals surface area (Å²) in [7, 11) is 0. The van der Waals surface area contributed by atoms with E-state index in [-0.39, 0.29) is 24.4 Å². The van der Waals surface area contributed by atoms with Crippen molar-refractivity contribution < 1.29 is 17.6 Å². The third kappa shape index (κ3) is 5.37. The number of rotatable bonds is 3. The molecule has 0 saturated carbocycles. The molecular formula is C11H14ClF4N. The first kappa shape index (κ1) is 16.2. The summed E-state index contributed by atoms with van der Waals surface area (Å²) < 4.78 is 49.2. The second-order valence-corrected chi connectivity index (χ2v) is 3.79. The highest BCUT2D eigenvalue weighted by Crippen LogP contribution is 2.27. The molecule has 2 N–H and O–H groups in total. The van der Waals surface area contributed by atoms with Gasteiger partial charge in [-0.1, -0.05) is 12.1 Å². The molecule has 0 bridgehead atoms. The molecule has 1 atom stereocenters. The molecule has 0 aliphatic carbocycles. The Hall–Kier alpha value is -0.810. The van der Waals surface area contributed by atoms with Crippen molar-refractivity contribution in [1.29, 1.82) is 0 Å². The van der Waals surface area contributed by atoms with E-state index in [1.807, 2.05) is 0 Å². The maximum absolute atomic E-state index is 13.4. The first-order chi connectivity index (χ1) is 7.29. The third-order valence-corrected chi connectivity index (χ3v) is 2.29. The van der Waals surface area contributed by atoms with E-state index in [0.717, 1.165) is 0 Å². The molecule has 6 heteroatoms. The minimum Gasteiger partial charge on any atom is -0.324 e. The fraction of sp³-hybridized carbons (Fsp3) is 0.455. The molecule has 0 aliphatic rings. The number of nitrogens with two attached hydrogens (primary N) is 1. The average molecular weight is 272 g/mol. The average Bonchev–Trinajstić information content (AvgIpc) is 2.13. The summed E-state index contributed by atoms with van der Waals surface area (Å²) in [6, 6.07) is 3.42. The molecule has 0 saturated heterocycles. The van der Waals surface area contributed by atoms with Crippen molar-refractivity contribution in [2.24, 2.45) is 5.73 Å². The molecule has 0 aliphatic heterocycles. The van der Waals surface area contributed by atoms with Crippen LogP contribution in [0.5, 0.6) is 0 Å². The smallest absolute Gasteiger partial charge is 0.324 e. The molecule has 1 nitrogen and oxygen atoms in total. The van der Waals surface area contributed by atoms with Gasteiger partial charge in [-0.3, -0.25) is 0 Å². The predicted octanol–water partition coefficient (Wildman–Crippen LogP) is 3.90. The zero-order valence-electron chi connectivity index (χ0n) is 9.22. The maximum atomic E-state index is 13.4. The maximum Gasteiger partial charge on any atom is 0.389 e. The first-order valence-electron chi connectivity index (χ1n) is 4.88. The summed E-state index contributed by atoms with van der Waals surface area (Å²) in [4.78, 5) is 0. The topological polar surface area (TPSA) is 26.0 Å². The fourth-order valence-corrected chi connectivity index (χ4v) is 1.41. The number of aryl methyl sites for hydroxylation is 1. The molecule has 0 radical (unpaired) electrons. The molecule has 0 amide bonds. The predicted molar refractivity (Wildman–Crippen MR) is 60.6 cm³/mol. The van der Waals surface area contributed by atoms with E-state index in [4.69, 9.17) is 5.73 Å². The highest BCUT2D eigenvalue weighted by atomic mass is 35.5. The molecule has 0 aromatic heterocycles. The van der Waals surface area contributed by atoms with Crippen molar-refractivity contribution in [3.8, 4) is 0 Å². The Morgan fingerprint density at radius 2 is 1.88 bits per heavy atom. The zero-order chi connectivity index (χ0) is 12.3. The molecular weight excluding hydrogens is 258 g/mol. The first-order valence-corrected chi connectivity index (χ1v) is 4.88. The van der Waals surface area contributed by atoms with Crippen LogP contribution >= 0.6 is 12.4 Å². The molecule has 0 heterocycles. The van der Waals surface area contributed by atoms with E-state index in [2.05, 4.69) is 0 Å². The second kappa shape index (κ2) is 6.21. The second-order valence-electron chi connectivity index (χ2n) is 3.79. The largest absolute Gasteiger partial charge is 0.389 e. The van der Waals surface area contributed by atoms with Crippen LogP contribution < -0.4 is 5.73 Å². The summed E-state index contributed by atoms with van der Waals surface area (Å²) >= 11 is 0. The van der Waals surface area contributed by atoms with Crippen molar-refractivity contribution >= 4 is 12.4 Å². The van der Waals surface area contributed by atoms with Gasteiger partial charge in [0, 0.05) is 18.0 Å². The zero-order valence-corrected chi connectivity index (χ0v) is 10.0. The minimum atomic E-state index is -4.25. The van der Waals surface area contributed by atoms with Crippen molar-refractivity contribution in [3.05, 3.63) is 35.1 Å². The van der Waals surface area contributed by atoms with Crippen molar-refractivity contribution in [2.75, 3.05) is 0 Å². The van der Waals surface area contributed by atoms with E-state index in [0.29, 0.717) is 5.56 Å². The summed E-state index contributed by atoms with van der Waals surface area (Å²) in [5, 5.41) is 0. The molecule has 0 spiro atoms. The van der Waals surface area contributed by atoms with Crippen LogP contribution in [-0.4, -0.2) is 6.18 Å². The number of benzene rings is 1. The lowest BCUT2D eigenvalue weighted by molar-refractivity contribution is -0.136. The molecule has 1 aromatic carbocycles. The van der Waals surface area contributed by atoms with Crippen LogP contribution in [0.25, 0.3) is 0 Å². The van der Waals surface area contributed by atoms with Crippen LogP contribution in [0.4, 0.5) is 17.6 Å². The van der Waals surface area contributed by atoms with Crippen molar-refractivity contribution in [2.45, 2.75) is 32.0 Å². The molecule has 98 valence electrons. The van der Waals surface area contributed by atoms with Gasteiger partial charge in [-0.2, -0.15) is 13.2 Å². The van der Waals surface area contributed by atoms with Crippen LogP contribution in [0, 0.1) is 12.7 Å². The van der Waals surface area contributed by atoms with E-state index >= 15 is 0 Å². The van der Waals surface area contributed by atoms with Crippen LogP contribution in [0.2, 0.25) is 0 Å². The molecule has 0 unspecified atom stereocenters. The van der Waals surface area contributed by atoms with Gasteiger partial charge >= 0.3 is 6.18 Å². The quantitative estimate of drug-likeness (QED) is 0.829. The number of hydrogen-bond donors (Lipinski definition) is 1. The van der Waals surface area contributed by atoms with Gasteiger partial charge in [0.1, 0.15) is 5.82 Å². The van der Waals surface area contributed by atoms with Gasteiger partial charge in [0.15, 0.2) is 0 Å². The Morgan fingerprint density at radius 3 is 2.35 bits per heavy atom. The molecule has 17 heavy (non-hydrogen) atoms.